The Morgan fingerprint density at radius 2 is 1.46 bits per heavy atom. The third-order valence-corrected chi connectivity index (χ3v) is 6.76. The summed E-state index contributed by atoms with van der Waals surface area (Å²) in [6, 6.07) is 8.10. The summed E-state index contributed by atoms with van der Waals surface area (Å²) in [5.74, 6) is -0.657. The third-order valence-electron chi connectivity index (χ3n) is 5.16. The summed E-state index contributed by atoms with van der Waals surface area (Å²) in [6.07, 6.45) is 1.81. The first-order valence-corrected chi connectivity index (χ1v) is 10.6. The molecule has 0 radical (unpaired) electrons. The Labute approximate surface area is 165 Å². The molecule has 1 saturated carbocycles. The number of carbonyl (C=O) groups excluding carboxylic acids is 2. The van der Waals surface area contributed by atoms with E-state index in [2.05, 4.69) is 10.0 Å². The van der Waals surface area contributed by atoms with Gasteiger partial charge in [0.2, 0.25) is 5.91 Å². The summed E-state index contributed by atoms with van der Waals surface area (Å²) >= 11 is 0. The van der Waals surface area contributed by atoms with Gasteiger partial charge in [-0.3, -0.25) is 9.59 Å². The Balaban J connectivity index is 1.79. The maximum atomic E-state index is 12.9. The van der Waals surface area contributed by atoms with Gasteiger partial charge in [0.1, 0.15) is 0 Å². The van der Waals surface area contributed by atoms with Crippen LogP contribution in [0, 0.1) is 33.6 Å². The highest BCUT2D eigenvalue weighted by atomic mass is 32.2. The maximum Gasteiger partial charge on any atom is 0.264 e. The highest BCUT2D eigenvalue weighted by molar-refractivity contribution is 7.90. The standard InChI is InChI=1S/C21H24N2O4S/c1-12-11-13(2)15(4)19(14(12)3)28(26,27)23-21(25)17-7-9-18(10-8-17)22-20(24)16-5-6-16/h7-11,16H,5-6H2,1-4H3,(H,22,24)(H,23,25). The Hall–Kier alpha value is -2.67. The van der Waals surface area contributed by atoms with Crippen LogP contribution in [-0.2, 0) is 14.8 Å². The van der Waals surface area contributed by atoms with Crippen molar-refractivity contribution >= 4 is 27.5 Å². The molecule has 3 rings (SSSR count). The number of hydrogen-bond acceptors (Lipinski definition) is 4. The lowest BCUT2D eigenvalue weighted by molar-refractivity contribution is -0.117. The van der Waals surface area contributed by atoms with Gasteiger partial charge in [0.15, 0.2) is 0 Å². The number of anilines is 1. The fraction of sp³-hybridized carbons (Fsp3) is 0.333. The summed E-state index contributed by atoms with van der Waals surface area (Å²) in [5.41, 5.74) is 3.74. The molecular formula is C21H24N2O4S. The molecule has 0 unspecified atom stereocenters. The van der Waals surface area contributed by atoms with Gasteiger partial charge in [-0.15, -0.1) is 0 Å². The predicted molar refractivity (Wildman–Crippen MR) is 108 cm³/mol. The van der Waals surface area contributed by atoms with Crippen molar-refractivity contribution in [2.75, 3.05) is 5.32 Å². The second kappa shape index (κ2) is 7.39. The van der Waals surface area contributed by atoms with Crippen LogP contribution in [0.2, 0.25) is 0 Å². The highest BCUT2D eigenvalue weighted by Crippen LogP contribution is 2.30. The quantitative estimate of drug-likeness (QED) is 0.805. The number of aryl methyl sites for hydroxylation is 2. The van der Waals surface area contributed by atoms with Crippen LogP contribution in [0.15, 0.2) is 35.2 Å². The molecular weight excluding hydrogens is 376 g/mol. The maximum absolute atomic E-state index is 12.9. The zero-order valence-electron chi connectivity index (χ0n) is 16.4. The largest absolute Gasteiger partial charge is 0.326 e. The van der Waals surface area contributed by atoms with Gasteiger partial charge >= 0.3 is 0 Å². The number of hydrogen-bond donors (Lipinski definition) is 2. The van der Waals surface area contributed by atoms with Gasteiger partial charge in [-0.25, -0.2) is 13.1 Å². The molecule has 1 aliphatic carbocycles. The van der Waals surface area contributed by atoms with Gasteiger partial charge in [-0.1, -0.05) is 6.07 Å². The minimum Gasteiger partial charge on any atom is -0.326 e. The number of carbonyl (C=O) groups is 2. The lowest BCUT2D eigenvalue weighted by atomic mass is 10.0. The lowest BCUT2D eigenvalue weighted by Gasteiger charge is -2.16. The smallest absolute Gasteiger partial charge is 0.264 e. The Morgan fingerprint density at radius 3 is 1.96 bits per heavy atom. The minimum atomic E-state index is -4.02. The molecule has 0 heterocycles. The van der Waals surface area contributed by atoms with E-state index < -0.39 is 15.9 Å². The van der Waals surface area contributed by atoms with E-state index >= 15 is 0 Å². The lowest BCUT2D eigenvalue weighted by Crippen LogP contribution is -2.32. The minimum absolute atomic E-state index is 0.0273. The average Bonchev–Trinajstić information content (AvgIpc) is 3.45. The number of nitrogens with one attached hydrogen (secondary N) is 2. The molecule has 1 aliphatic rings. The van der Waals surface area contributed by atoms with Crippen molar-refractivity contribution < 1.29 is 18.0 Å². The molecule has 6 nitrogen and oxygen atoms in total. The fourth-order valence-corrected chi connectivity index (χ4v) is 4.70. The number of benzene rings is 2. The molecule has 0 aromatic heterocycles. The highest BCUT2D eigenvalue weighted by Gasteiger charge is 2.29. The van der Waals surface area contributed by atoms with Crippen LogP contribution < -0.4 is 10.0 Å². The summed E-state index contributed by atoms with van der Waals surface area (Å²) in [6.45, 7) is 7.16. The third kappa shape index (κ3) is 4.09. The molecule has 7 heteroatoms. The van der Waals surface area contributed by atoms with Gasteiger partial charge in [0.05, 0.1) is 4.90 Å². The molecule has 2 amide bonds. The normalized spacial score (nSPS) is 13.9. The molecule has 148 valence electrons. The zero-order valence-corrected chi connectivity index (χ0v) is 17.2. The first-order valence-electron chi connectivity index (χ1n) is 9.15. The van der Waals surface area contributed by atoms with E-state index in [0.29, 0.717) is 16.8 Å². The van der Waals surface area contributed by atoms with Crippen LogP contribution in [0.4, 0.5) is 5.69 Å². The van der Waals surface area contributed by atoms with Crippen LogP contribution in [0.5, 0.6) is 0 Å². The summed E-state index contributed by atoms with van der Waals surface area (Å²) in [7, 11) is -4.02. The molecule has 0 bridgehead atoms. The van der Waals surface area contributed by atoms with Crippen LogP contribution >= 0.6 is 0 Å². The van der Waals surface area contributed by atoms with E-state index in [0.717, 1.165) is 24.0 Å². The molecule has 2 aromatic carbocycles. The average molecular weight is 401 g/mol. The zero-order chi connectivity index (χ0) is 20.6. The van der Waals surface area contributed by atoms with Crippen molar-refractivity contribution in [1.82, 2.24) is 4.72 Å². The summed E-state index contributed by atoms with van der Waals surface area (Å²) < 4.78 is 27.9. The fourth-order valence-electron chi connectivity index (χ4n) is 3.11. The SMILES string of the molecule is Cc1cc(C)c(C)c(S(=O)(=O)NC(=O)c2ccc(NC(=O)C3CC3)cc2)c1C. The van der Waals surface area contributed by atoms with E-state index in [9.17, 15) is 18.0 Å². The second-order valence-electron chi connectivity index (χ2n) is 7.36. The molecule has 1 fully saturated rings. The van der Waals surface area contributed by atoms with Crippen LogP contribution in [-0.4, -0.2) is 20.2 Å². The van der Waals surface area contributed by atoms with Gasteiger partial charge in [-0.2, -0.15) is 0 Å². The van der Waals surface area contributed by atoms with Gasteiger partial charge < -0.3 is 5.32 Å². The topological polar surface area (TPSA) is 92.3 Å². The number of rotatable bonds is 5. The first-order chi connectivity index (χ1) is 13.1. The summed E-state index contributed by atoms with van der Waals surface area (Å²) in [5, 5.41) is 2.78. The molecule has 0 spiro atoms. The van der Waals surface area contributed by atoms with Gasteiger partial charge in [-0.05, 0) is 87.1 Å². The van der Waals surface area contributed by atoms with E-state index in [4.69, 9.17) is 0 Å². The van der Waals surface area contributed by atoms with Crippen molar-refractivity contribution in [2.45, 2.75) is 45.4 Å². The van der Waals surface area contributed by atoms with Crippen LogP contribution in [0.1, 0.15) is 45.5 Å². The molecule has 0 saturated heterocycles. The van der Waals surface area contributed by atoms with Gasteiger partial charge in [0.25, 0.3) is 15.9 Å². The Morgan fingerprint density at radius 1 is 0.929 bits per heavy atom. The summed E-state index contributed by atoms with van der Waals surface area (Å²) in [4.78, 5) is 24.4. The molecule has 2 aromatic rings. The van der Waals surface area contributed by atoms with Crippen molar-refractivity contribution in [3.05, 3.63) is 58.1 Å². The van der Waals surface area contributed by atoms with E-state index in [1.807, 2.05) is 19.9 Å². The van der Waals surface area contributed by atoms with Crippen molar-refractivity contribution in [3.8, 4) is 0 Å². The van der Waals surface area contributed by atoms with Gasteiger partial charge in [0, 0.05) is 17.2 Å². The van der Waals surface area contributed by atoms with Crippen LogP contribution in [0.3, 0.4) is 0 Å². The number of sulfonamides is 1. The predicted octanol–water partition coefficient (Wildman–Crippen LogP) is 3.39. The molecule has 0 atom stereocenters. The van der Waals surface area contributed by atoms with Crippen molar-refractivity contribution in [2.24, 2.45) is 5.92 Å². The molecule has 2 N–H and O–H groups in total. The first kappa shape index (κ1) is 20.1. The monoisotopic (exact) mass is 400 g/mol. The Bertz CT molecular complexity index is 1030. The van der Waals surface area contributed by atoms with Crippen LogP contribution in [0.25, 0.3) is 0 Å². The Kier molecular flexibility index (Phi) is 5.30. The molecule has 0 aliphatic heterocycles. The van der Waals surface area contributed by atoms with E-state index in [-0.39, 0.29) is 22.3 Å². The van der Waals surface area contributed by atoms with Crippen molar-refractivity contribution in [1.29, 1.82) is 0 Å². The number of amides is 2. The second-order valence-corrected chi connectivity index (χ2v) is 8.98. The van der Waals surface area contributed by atoms with E-state index in [1.165, 1.54) is 12.1 Å². The molecule has 28 heavy (non-hydrogen) atoms. The van der Waals surface area contributed by atoms with Crippen molar-refractivity contribution in [3.63, 3.8) is 0 Å². The van der Waals surface area contributed by atoms with E-state index in [1.54, 1.807) is 26.0 Å².